The van der Waals surface area contributed by atoms with Crippen LogP contribution < -0.4 is 0 Å². The monoisotopic (exact) mass is 272 g/mol. The zero-order valence-electron chi connectivity index (χ0n) is 12.0. The van der Waals surface area contributed by atoms with E-state index in [9.17, 15) is 4.79 Å². The number of fused-ring (bicyclic) bond motifs is 3. The first kappa shape index (κ1) is 13.2. The first-order valence-electron chi connectivity index (χ1n) is 7.13. The van der Waals surface area contributed by atoms with Crippen LogP contribution in [0.3, 0.4) is 0 Å². The van der Waals surface area contributed by atoms with Gasteiger partial charge in [0.1, 0.15) is 6.61 Å². The number of nitrogens with one attached hydrogen (secondary N) is 1. The van der Waals surface area contributed by atoms with Gasteiger partial charge in [0.25, 0.3) is 0 Å². The van der Waals surface area contributed by atoms with Gasteiger partial charge in [-0.25, -0.2) is 0 Å². The lowest BCUT2D eigenvalue weighted by atomic mass is 10.0. The second kappa shape index (κ2) is 5.29. The molecule has 1 aliphatic rings. The summed E-state index contributed by atoms with van der Waals surface area (Å²) in [7, 11) is 0. The number of aromatic nitrogens is 1. The maximum atomic E-state index is 12.2. The molecule has 0 bridgehead atoms. The highest BCUT2D eigenvalue weighted by Crippen LogP contribution is 2.27. The number of hydrogen-bond acceptors (Lipinski definition) is 2. The molecule has 0 aliphatic carbocycles. The predicted octanol–water partition coefficient (Wildman–Crippen LogP) is 2.48. The van der Waals surface area contributed by atoms with E-state index in [-0.39, 0.29) is 18.6 Å². The minimum absolute atomic E-state index is 0.0784. The molecule has 1 aromatic heterocycles. The number of para-hydroxylation sites is 1. The van der Waals surface area contributed by atoms with Crippen LogP contribution in [0.1, 0.15) is 25.1 Å². The van der Waals surface area contributed by atoms with Crippen molar-refractivity contribution in [1.82, 2.24) is 9.88 Å². The number of benzene rings is 1. The van der Waals surface area contributed by atoms with E-state index < -0.39 is 0 Å². The third kappa shape index (κ3) is 2.43. The number of ether oxygens (including phenoxy) is 1. The van der Waals surface area contributed by atoms with Gasteiger partial charge >= 0.3 is 0 Å². The number of rotatable bonds is 3. The van der Waals surface area contributed by atoms with Crippen LogP contribution in [-0.4, -0.2) is 35.0 Å². The number of nitrogens with zero attached hydrogens (tertiary/aromatic N) is 1. The zero-order valence-corrected chi connectivity index (χ0v) is 12.0. The summed E-state index contributed by atoms with van der Waals surface area (Å²) in [6.45, 7) is 5.51. The Morgan fingerprint density at radius 1 is 1.40 bits per heavy atom. The third-order valence-electron chi connectivity index (χ3n) is 3.78. The molecule has 0 spiro atoms. The fraction of sp³-hybridized carbons (Fsp3) is 0.438. The quantitative estimate of drug-likeness (QED) is 0.933. The smallest absolute Gasteiger partial charge is 0.248 e. The van der Waals surface area contributed by atoms with Gasteiger partial charge in [0.15, 0.2) is 0 Å². The Hall–Kier alpha value is -1.81. The summed E-state index contributed by atoms with van der Waals surface area (Å²) in [6.07, 6.45) is 0.977. The zero-order chi connectivity index (χ0) is 14.1. The van der Waals surface area contributed by atoms with Crippen molar-refractivity contribution in [1.29, 1.82) is 0 Å². The topological polar surface area (TPSA) is 45.3 Å². The molecule has 2 aromatic rings. The largest absolute Gasteiger partial charge is 0.369 e. The van der Waals surface area contributed by atoms with Gasteiger partial charge < -0.3 is 14.6 Å². The highest BCUT2D eigenvalue weighted by Gasteiger charge is 2.23. The molecule has 0 saturated carbocycles. The van der Waals surface area contributed by atoms with Crippen LogP contribution in [0, 0.1) is 0 Å². The Bertz CT molecular complexity index is 630. The molecule has 0 fully saturated rings. The van der Waals surface area contributed by atoms with Crippen LogP contribution in [0.25, 0.3) is 10.9 Å². The molecule has 20 heavy (non-hydrogen) atoms. The van der Waals surface area contributed by atoms with Crippen LogP contribution in [-0.2, 0) is 22.5 Å². The van der Waals surface area contributed by atoms with Gasteiger partial charge in [0.2, 0.25) is 5.91 Å². The van der Waals surface area contributed by atoms with Gasteiger partial charge in [0.05, 0.1) is 6.10 Å². The van der Waals surface area contributed by atoms with Gasteiger partial charge in [-0.15, -0.1) is 0 Å². The van der Waals surface area contributed by atoms with E-state index in [4.69, 9.17) is 4.74 Å². The number of carbonyl (C=O) groups excluding carboxylic acids is 1. The van der Waals surface area contributed by atoms with Gasteiger partial charge in [-0.05, 0) is 19.9 Å². The Labute approximate surface area is 118 Å². The second-order valence-electron chi connectivity index (χ2n) is 5.55. The van der Waals surface area contributed by atoms with E-state index in [2.05, 4.69) is 17.1 Å². The molecule has 1 aromatic carbocycles. The Kier molecular flexibility index (Phi) is 3.49. The molecule has 106 valence electrons. The molecule has 4 heteroatoms. The summed E-state index contributed by atoms with van der Waals surface area (Å²) in [5.41, 5.74) is 3.68. The van der Waals surface area contributed by atoms with Crippen molar-refractivity contribution in [3.8, 4) is 0 Å². The summed E-state index contributed by atoms with van der Waals surface area (Å²) in [4.78, 5) is 17.5. The minimum atomic E-state index is 0.0784. The lowest BCUT2D eigenvalue weighted by Gasteiger charge is -2.27. The summed E-state index contributed by atoms with van der Waals surface area (Å²) in [5.74, 6) is 0.0784. The first-order valence-corrected chi connectivity index (χ1v) is 7.13. The molecular formula is C16H20N2O2. The highest BCUT2D eigenvalue weighted by molar-refractivity contribution is 5.86. The summed E-state index contributed by atoms with van der Waals surface area (Å²) >= 11 is 0. The van der Waals surface area contributed by atoms with Crippen molar-refractivity contribution in [2.45, 2.75) is 32.9 Å². The van der Waals surface area contributed by atoms with Crippen LogP contribution in [0.2, 0.25) is 0 Å². The Balaban J connectivity index is 1.79. The average molecular weight is 272 g/mol. The predicted molar refractivity (Wildman–Crippen MR) is 78.5 cm³/mol. The van der Waals surface area contributed by atoms with Crippen LogP contribution in [0.15, 0.2) is 24.3 Å². The number of hydrogen-bond donors (Lipinski definition) is 1. The summed E-state index contributed by atoms with van der Waals surface area (Å²) < 4.78 is 5.41. The van der Waals surface area contributed by atoms with E-state index in [1.807, 2.05) is 30.9 Å². The number of H-pyrrole nitrogens is 1. The summed E-state index contributed by atoms with van der Waals surface area (Å²) in [5, 5.41) is 1.23. The molecular weight excluding hydrogens is 252 g/mol. The Morgan fingerprint density at radius 2 is 2.20 bits per heavy atom. The van der Waals surface area contributed by atoms with Crippen molar-refractivity contribution in [2.75, 3.05) is 13.2 Å². The van der Waals surface area contributed by atoms with E-state index in [0.717, 1.165) is 18.5 Å². The first-order chi connectivity index (χ1) is 9.65. The average Bonchev–Trinajstić information content (AvgIpc) is 2.82. The molecule has 4 nitrogen and oxygen atoms in total. The van der Waals surface area contributed by atoms with Crippen LogP contribution in [0.5, 0.6) is 0 Å². The molecule has 1 N–H and O–H groups in total. The minimum Gasteiger partial charge on any atom is -0.369 e. The van der Waals surface area contributed by atoms with Crippen LogP contribution >= 0.6 is 0 Å². The van der Waals surface area contributed by atoms with Crippen molar-refractivity contribution in [3.63, 3.8) is 0 Å². The normalized spacial score (nSPS) is 14.8. The fourth-order valence-corrected chi connectivity index (χ4v) is 2.71. The standard InChI is InChI=1S/C16H20N2O2/c1-11(2)20-10-16(19)18-8-7-15-13(9-18)12-5-3-4-6-14(12)17-15/h3-6,11,17H,7-10H2,1-2H3. The number of aromatic amines is 1. The van der Waals surface area contributed by atoms with Crippen molar-refractivity contribution in [3.05, 3.63) is 35.5 Å². The van der Waals surface area contributed by atoms with E-state index in [1.54, 1.807) is 0 Å². The van der Waals surface area contributed by atoms with E-state index >= 15 is 0 Å². The van der Waals surface area contributed by atoms with Crippen molar-refractivity contribution >= 4 is 16.8 Å². The molecule has 0 saturated heterocycles. The lowest BCUT2D eigenvalue weighted by Crippen LogP contribution is -2.38. The van der Waals surface area contributed by atoms with E-state index in [0.29, 0.717) is 6.54 Å². The van der Waals surface area contributed by atoms with Crippen LogP contribution in [0.4, 0.5) is 0 Å². The number of carbonyl (C=O) groups is 1. The summed E-state index contributed by atoms with van der Waals surface area (Å²) in [6, 6.07) is 8.27. The maximum absolute atomic E-state index is 12.2. The van der Waals surface area contributed by atoms with Crippen molar-refractivity contribution in [2.24, 2.45) is 0 Å². The lowest BCUT2D eigenvalue weighted by molar-refractivity contribution is -0.138. The van der Waals surface area contributed by atoms with Crippen molar-refractivity contribution < 1.29 is 9.53 Å². The second-order valence-corrected chi connectivity index (χ2v) is 5.55. The third-order valence-corrected chi connectivity index (χ3v) is 3.78. The SMILES string of the molecule is CC(C)OCC(=O)N1CCc2[nH]c3ccccc3c2C1. The molecule has 0 atom stereocenters. The van der Waals surface area contributed by atoms with Gasteiger partial charge in [-0.3, -0.25) is 4.79 Å². The fourth-order valence-electron chi connectivity index (χ4n) is 2.71. The molecule has 3 rings (SSSR count). The number of amides is 1. The Morgan fingerprint density at radius 3 is 3.00 bits per heavy atom. The van der Waals surface area contributed by atoms with Gasteiger partial charge in [0, 0.05) is 41.7 Å². The van der Waals surface area contributed by atoms with E-state index in [1.165, 1.54) is 16.6 Å². The van der Waals surface area contributed by atoms with Gasteiger partial charge in [-0.2, -0.15) is 0 Å². The molecule has 2 heterocycles. The highest BCUT2D eigenvalue weighted by atomic mass is 16.5. The molecule has 1 aliphatic heterocycles. The maximum Gasteiger partial charge on any atom is 0.248 e. The van der Waals surface area contributed by atoms with Gasteiger partial charge in [-0.1, -0.05) is 18.2 Å². The molecule has 0 radical (unpaired) electrons. The molecule has 1 amide bonds. The molecule has 0 unspecified atom stereocenters.